The first-order chi connectivity index (χ1) is 7.84. The molecule has 6 heteroatoms. The highest BCUT2D eigenvalue weighted by molar-refractivity contribution is 7.85. The van der Waals surface area contributed by atoms with Crippen LogP contribution in [-0.4, -0.2) is 18.9 Å². The third kappa shape index (κ3) is 3.83. The topological polar surface area (TPSA) is 83.5 Å². The van der Waals surface area contributed by atoms with E-state index in [1.54, 1.807) is 13.0 Å². The van der Waals surface area contributed by atoms with E-state index in [0.717, 1.165) is 0 Å². The Balaban J connectivity index is 2.91. The number of carbonyl (C=O) groups is 1. The summed E-state index contributed by atoms with van der Waals surface area (Å²) in [5.41, 5.74) is 0.352. The molecule has 17 heavy (non-hydrogen) atoms. The van der Waals surface area contributed by atoms with Crippen LogP contribution in [0.4, 0.5) is 5.69 Å². The Hall–Kier alpha value is -1.40. The van der Waals surface area contributed by atoms with Gasteiger partial charge in [0, 0.05) is 11.6 Å². The molecular formula is C11H15NO4S. The molecule has 0 aliphatic carbocycles. The van der Waals surface area contributed by atoms with Crippen molar-refractivity contribution in [2.24, 2.45) is 5.92 Å². The first-order valence-electron chi connectivity index (χ1n) is 5.23. The molecule has 0 heterocycles. The summed E-state index contributed by atoms with van der Waals surface area (Å²) >= 11 is 0. The van der Waals surface area contributed by atoms with Gasteiger partial charge in [0.1, 0.15) is 0 Å². The summed E-state index contributed by atoms with van der Waals surface area (Å²) in [4.78, 5) is 11.3. The van der Waals surface area contributed by atoms with Crippen molar-refractivity contribution in [2.45, 2.75) is 25.2 Å². The van der Waals surface area contributed by atoms with Gasteiger partial charge in [-0.2, -0.15) is 8.42 Å². The number of nitrogens with one attached hydrogen (secondary N) is 1. The highest BCUT2D eigenvalue weighted by atomic mass is 32.2. The standard InChI is InChI=1S/C11H15NO4S/c1-3-8(2)11(13)12-9-5-4-6-10(7-9)17(14,15)16/h4-8H,3H2,1-2H3,(H,12,13)(H,14,15,16). The molecule has 1 unspecified atom stereocenters. The Bertz CT molecular complexity index is 510. The first-order valence-corrected chi connectivity index (χ1v) is 6.67. The zero-order chi connectivity index (χ0) is 13.1. The van der Waals surface area contributed by atoms with Crippen LogP contribution in [0.3, 0.4) is 0 Å². The van der Waals surface area contributed by atoms with Gasteiger partial charge >= 0.3 is 0 Å². The van der Waals surface area contributed by atoms with Gasteiger partial charge in [0.05, 0.1) is 4.90 Å². The number of anilines is 1. The summed E-state index contributed by atoms with van der Waals surface area (Å²) < 4.78 is 30.7. The minimum atomic E-state index is -4.24. The quantitative estimate of drug-likeness (QED) is 0.807. The average molecular weight is 257 g/mol. The molecule has 2 N–H and O–H groups in total. The van der Waals surface area contributed by atoms with Crippen LogP contribution >= 0.6 is 0 Å². The molecule has 1 rings (SSSR count). The molecule has 0 saturated heterocycles. The Morgan fingerprint density at radius 1 is 1.47 bits per heavy atom. The summed E-state index contributed by atoms with van der Waals surface area (Å²) in [6.07, 6.45) is 0.698. The van der Waals surface area contributed by atoms with Crippen molar-refractivity contribution in [2.75, 3.05) is 5.32 Å². The van der Waals surface area contributed by atoms with E-state index in [2.05, 4.69) is 5.32 Å². The van der Waals surface area contributed by atoms with Crippen molar-refractivity contribution < 1.29 is 17.8 Å². The van der Waals surface area contributed by atoms with Crippen LogP contribution in [0.2, 0.25) is 0 Å². The van der Waals surface area contributed by atoms with Gasteiger partial charge in [-0.05, 0) is 24.6 Å². The molecule has 0 aliphatic heterocycles. The molecule has 1 atom stereocenters. The van der Waals surface area contributed by atoms with Gasteiger partial charge in [-0.3, -0.25) is 9.35 Å². The fourth-order valence-electron chi connectivity index (χ4n) is 1.19. The first kappa shape index (κ1) is 13.7. The van der Waals surface area contributed by atoms with Crippen LogP contribution < -0.4 is 5.32 Å². The van der Waals surface area contributed by atoms with E-state index in [4.69, 9.17) is 4.55 Å². The fraction of sp³-hybridized carbons (Fsp3) is 0.364. The maximum atomic E-state index is 11.6. The van der Waals surface area contributed by atoms with Gasteiger partial charge in [0.2, 0.25) is 5.91 Å². The molecule has 94 valence electrons. The monoisotopic (exact) mass is 257 g/mol. The van der Waals surface area contributed by atoms with E-state index in [-0.39, 0.29) is 16.7 Å². The lowest BCUT2D eigenvalue weighted by molar-refractivity contribution is -0.119. The molecule has 0 bridgehead atoms. The van der Waals surface area contributed by atoms with E-state index in [1.165, 1.54) is 18.2 Å². The smallest absolute Gasteiger partial charge is 0.294 e. The van der Waals surface area contributed by atoms with Gasteiger partial charge < -0.3 is 5.32 Å². The predicted molar refractivity (Wildman–Crippen MR) is 64.3 cm³/mol. The van der Waals surface area contributed by atoms with Crippen LogP contribution in [-0.2, 0) is 14.9 Å². The second kappa shape index (κ2) is 5.29. The van der Waals surface area contributed by atoms with Crippen LogP contribution in [0.1, 0.15) is 20.3 Å². The molecule has 5 nitrogen and oxygen atoms in total. The van der Waals surface area contributed by atoms with Gasteiger partial charge in [0.15, 0.2) is 0 Å². The van der Waals surface area contributed by atoms with Crippen molar-refractivity contribution in [3.05, 3.63) is 24.3 Å². The lowest BCUT2D eigenvalue weighted by Crippen LogP contribution is -2.19. The highest BCUT2D eigenvalue weighted by Gasteiger charge is 2.13. The van der Waals surface area contributed by atoms with Crippen LogP contribution in [0.5, 0.6) is 0 Å². The minimum absolute atomic E-state index is 0.149. The van der Waals surface area contributed by atoms with Gasteiger partial charge in [0.25, 0.3) is 10.1 Å². The van der Waals surface area contributed by atoms with E-state index in [0.29, 0.717) is 12.1 Å². The Morgan fingerprint density at radius 3 is 2.65 bits per heavy atom. The zero-order valence-electron chi connectivity index (χ0n) is 9.67. The second-order valence-corrected chi connectivity index (χ2v) is 5.22. The molecule has 1 aromatic carbocycles. The Kier molecular flexibility index (Phi) is 4.25. The number of benzene rings is 1. The summed E-state index contributed by atoms with van der Waals surface area (Å²) in [5, 5.41) is 2.59. The third-order valence-electron chi connectivity index (χ3n) is 2.46. The number of hydrogen-bond donors (Lipinski definition) is 2. The third-order valence-corrected chi connectivity index (χ3v) is 3.31. The van der Waals surface area contributed by atoms with E-state index >= 15 is 0 Å². The maximum absolute atomic E-state index is 11.6. The number of hydrogen-bond acceptors (Lipinski definition) is 3. The van der Waals surface area contributed by atoms with Crippen LogP contribution in [0.25, 0.3) is 0 Å². The highest BCUT2D eigenvalue weighted by Crippen LogP contribution is 2.16. The van der Waals surface area contributed by atoms with Crippen LogP contribution in [0, 0.1) is 5.92 Å². The number of rotatable bonds is 4. The zero-order valence-corrected chi connectivity index (χ0v) is 10.5. The molecule has 1 aromatic rings. The summed E-state index contributed by atoms with van der Waals surface area (Å²) in [6, 6.07) is 5.49. The lowest BCUT2D eigenvalue weighted by Gasteiger charge is -2.10. The van der Waals surface area contributed by atoms with Crippen molar-refractivity contribution in [3.63, 3.8) is 0 Å². The van der Waals surface area contributed by atoms with Crippen molar-refractivity contribution in [1.29, 1.82) is 0 Å². The summed E-state index contributed by atoms with van der Waals surface area (Å²) in [7, 11) is -4.24. The number of amides is 1. The van der Waals surface area contributed by atoms with Gasteiger partial charge in [-0.25, -0.2) is 0 Å². The maximum Gasteiger partial charge on any atom is 0.294 e. The molecule has 0 radical (unpaired) electrons. The molecular weight excluding hydrogens is 242 g/mol. The molecule has 1 amide bonds. The van der Waals surface area contributed by atoms with Crippen molar-refractivity contribution in [3.8, 4) is 0 Å². The lowest BCUT2D eigenvalue weighted by atomic mass is 10.1. The molecule has 0 fully saturated rings. The molecule has 0 aliphatic rings. The molecule has 0 aromatic heterocycles. The van der Waals surface area contributed by atoms with Crippen molar-refractivity contribution in [1.82, 2.24) is 0 Å². The summed E-state index contributed by atoms with van der Waals surface area (Å²) in [5.74, 6) is -0.329. The summed E-state index contributed by atoms with van der Waals surface area (Å²) in [6.45, 7) is 3.67. The predicted octanol–water partition coefficient (Wildman–Crippen LogP) is 1.92. The fourth-order valence-corrected chi connectivity index (χ4v) is 1.71. The second-order valence-electron chi connectivity index (χ2n) is 3.80. The van der Waals surface area contributed by atoms with Gasteiger partial charge in [-0.15, -0.1) is 0 Å². The minimum Gasteiger partial charge on any atom is -0.326 e. The van der Waals surface area contributed by atoms with E-state index in [9.17, 15) is 13.2 Å². The Morgan fingerprint density at radius 2 is 2.12 bits per heavy atom. The average Bonchev–Trinajstić information content (AvgIpc) is 2.27. The molecule has 0 saturated carbocycles. The SMILES string of the molecule is CCC(C)C(=O)Nc1cccc(S(=O)(=O)O)c1. The normalized spacial score (nSPS) is 13.1. The Labute approximate surface area is 101 Å². The van der Waals surface area contributed by atoms with Crippen LogP contribution in [0.15, 0.2) is 29.2 Å². The van der Waals surface area contributed by atoms with E-state index < -0.39 is 10.1 Å². The largest absolute Gasteiger partial charge is 0.326 e. The van der Waals surface area contributed by atoms with E-state index in [1.807, 2.05) is 6.92 Å². The molecule has 0 spiro atoms. The van der Waals surface area contributed by atoms with Crippen molar-refractivity contribution >= 4 is 21.7 Å². The van der Waals surface area contributed by atoms with Gasteiger partial charge in [-0.1, -0.05) is 19.9 Å². The number of carbonyl (C=O) groups excluding carboxylic acids is 1.